The molecule has 1 heterocycles. The minimum atomic E-state index is -0.490. The van der Waals surface area contributed by atoms with E-state index >= 15 is 0 Å². The number of aliphatic imine (C=N–C) groups is 1. The monoisotopic (exact) mass is 446 g/mol. The molecule has 0 spiro atoms. The smallest absolute Gasteiger partial charge is 0.410 e. The predicted molar refractivity (Wildman–Crippen MR) is 131 cm³/mol. The number of guanidine groups is 1. The molecular formula is C24H42N6O2. The fraction of sp³-hybridized carbons (Fsp3) is 0.667. The molecule has 1 aromatic rings. The number of ether oxygens (including phenoxy) is 1. The van der Waals surface area contributed by atoms with Crippen molar-refractivity contribution in [3.8, 4) is 0 Å². The first-order valence-corrected chi connectivity index (χ1v) is 11.5. The average Bonchev–Trinajstić information content (AvgIpc) is 2.74. The standard InChI is InChI=1S/C24H42N6O2/c1-19(30-14-12-28(6)13-15-30)16-26-22(25-5)27-17-20-8-10-21(11-9-20)18-29(7)23(31)32-24(2,3)4/h8-11,19H,12-18H2,1-7H3,(H2,25,26,27). The van der Waals surface area contributed by atoms with Gasteiger partial charge in [0, 0.05) is 66.0 Å². The number of nitrogens with one attached hydrogen (secondary N) is 2. The van der Waals surface area contributed by atoms with E-state index in [0.717, 1.165) is 49.8 Å². The van der Waals surface area contributed by atoms with Crippen LogP contribution in [0.5, 0.6) is 0 Å². The molecule has 32 heavy (non-hydrogen) atoms. The largest absolute Gasteiger partial charge is 0.444 e. The summed E-state index contributed by atoms with van der Waals surface area (Å²) >= 11 is 0. The summed E-state index contributed by atoms with van der Waals surface area (Å²) in [7, 11) is 5.73. The minimum Gasteiger partial charge on any atom is -0.444 e. The quantitative estimate of drug-likeness (QED) is 0.495. The molecule has 0 aromatic heterocycles. The molecule has 0 aliphatic carbocycles. The van der Waals surface area contributed by atoms with Gasteiger partial charge in [-0.1, -0.05) is 24.3 Å². The molecule has 1 atom stereocenters. The van der Waals surface area contributed by atoms with Gasteiger partial charge in [0.2, 0.25) is 0 Å². The first-order valence-electron chi connectivity index (χ1n) is 11.5. The molecule has 8 heteroatoms. The van der Waals surface area contributed by atoms with Crippen molar-refractivity contribution < 1.29 is 9.53 Å². The van der Waals surface area contributed by atoms with Crippen molar-refractivity contribution in [3.05, 3.63) is 35.4 Å². The molecule has 1 saturated heterocycles. The van der Waals surface area contributed by atoms with Crippen molar-refractivity contribution in [2.75, 3.05) is 53.9 Å². The van der Waals surface area contributed by atoms with Crippen LogP contribution >= 0.6 is 0 Å². The van der Waals surface area contributed by atoms with Gasteiger partial charge in [0.05, 0.1) is 0 Å². The molecule has 1 aliphatic heterocycles. The van der Waals surface area contributed by atoms with Gasteiger partial charge in [-0.15, -0.1) is 0 Å². The van der Waals surface area contributed by atoms with Crippen LogP contribution in [-0.4, -0.2) is 92.3 Å². The van der Waals surface area contributed by atoms with Crippen molar-refractivity contribution in [1.82, 2.24) is 25.3 Å². The lowest BCUT2D eigenvalue weighted by Gasteiger charge is -2.36. The Morgan fingerprint density at radius 3 is 2.28 bits per heavy atom. The second-order valence-corrected chi connectivity index (χ2v) is 9.65. The molecule has 2 N–H and O–H groups in total. The molecular weight excluding hydrogens is 404 g/mol. The number of carbonyl (C=O) groups excluding carboxylic acids is 1. The lowest BCUT2D eigenvalue weighted by atomic mass is 10.1. The number of amides is 1. The third kappa shape index (κ3) is 9.04. The van der Waals surface area contributed by atoms with Crippen molar-refractivity contribution >= 4 is 12.1 Å². The first kappa shape index (κ1) is 25.9. The predicted octanol–water partition coefficient (Wildman–Crippen LogP) is 2.35. The van der Waals surface area contributed by atoms with Crippen LogP contribution in [0.2, 0.25) is 0 Å². The second-order valence-electron chi connectivity index (χ2n) is 9.65. The molecule has 1 aromatic carbocycles. The van der Waals surface area contributed by atoms with Crippen LogP contribution in [0.4, 0.5) is 4.79 Å². The number of rotatable bonds is 7. The molecule has 1 amide bonds. The Balaban J connectivity index is 1.76. The molecule has 0 saturated carbocycles. The third-order valence-electron chi connectivity index (χ3n) is 5.56. The van der Waals surface area contributed by atoms with Crippen molar-refractivity contribution in [3.63, 3.8) is 0 Å². The second kappa shape index (κ2) is 12.1. The van der Waals surface area contributed by atoms with Crippen LogP contribution in [0.3, 0.4) is 0 Å². The fourth-order valence-electron chi connectivity index (χ4n) is 3.48. The Morgan fingerprint density at radius 1 is 1.12 bits per heavy atom. The van der Waals surface area contributed by atoms with Gasteiger partial charge in [-0.3, -0.25) is 9.89 Å². The van der Waals surface area contributed by atoms with E-state index in [2.05, 4.69) is 51.5 Å². The van der Waals surface area contributed by atoms with Crippen LogP contribution in [0.15, 0.2) is 29.3 Å². The van der Waals surface area contributed by atoms with Crippen LogP contribution in [0, 0.1) is 0 Å². The molecule has 1 fully saturated rings. The van der Waals surface area contributed by atoms with E-state index in [1.807, 2.05) is 32.9 Å². The fourth-order valence-corrected chi connectivity index (χ4v) is 3.48. The van der Waals surface area contributed by atoms with Gasteiger partial charge in [-0.2, -0.15) is 0 Å². The number of likely N-dealkylation sites (N-methyl/N-ethyl adjacent to an activating group) is 1. The summed E-state index contributed by atoms with van der Waals surface area (Å²) in [5.41, 5.74) is 1.73. The van der Waals surface area contributed by atoms with Crippen LogP contribution in [-0.2, 0) is 17.8 Å². The molecule has 2 rings (SSSR count). The third-order valence-corrected chi connectivity index (χ3v) is 5.56. The summed E-state index contributed by atoms with van der Waals surface area (Å²) in [5, 5.41) is 6.82. The minimum absolute atomic E-state index is 0.316. The van der Waals surface area contributed by atoms with Gasteiger partial charge >= 0.3 is 6.09 Å². The van der Waals surface area contributed by atoms with E-state index in [1.165, 1.54) is 0 Å². The van der Waals surface area contributed by atoms with E-state index in [4.69, 9.17) is 4.74 Å². The number of carbonyl (C=O) groups is 1. The Labute approximate surface area is 194 Å². The summed E-state index contributed by atoms with van der Waals surface area (Å²) in [4.78, 5) is 23.0. The van der Waals surface area contributed by atoms with Gasteiger partial charge < -0.3 is 25.2 Å². The van der Waals surface area contributed by atoms with Crippen LogP contribution < -0.4 is 10.6 Å². The number of hydrogen-bond donors (Lipinski definition) is 2. The number of hydrogen-bond acceptors (Lipinski definition) is 5. The SMILES string of the molecule is CN=C(NCc1ccc(CN(C)C(=O)OC(C)(C)C)cc1)NCC(C)N1CCN(C)CC1. The van der Waals surface area contributed by atoms with Gasteiger partial charge in [-0.25, -0.2) is 4.79 Å². The summed E-state index contributed by atoms with van der Waals surface area (Å²) in [6.45, 7) is 14.4. The molecule has 8 nitrogen and oxygen atoms in total. The zero-order valence-electron chi connectivity index (χ0n) is 20.9. The van der Waals surface area contributed by atoms with Gasteiger partial charge in [0.25, 0.3) is 0 Å². The van der Waals surface area contributed by atoms with E-state index in [0.29, 0.717) is 19.1 Å². The average molecular weight is 447 g/mol. The highest BCUT2D eigenvalue weighted by molar-refractivity contribution is 5.79. The molecule has 1 unspecified atom stereocenters. The normalized spacial score (nSPS) is 17.0. The Hall–Kier alpha value is -2.32. The first-order chi connectivity index (χ1) is 15.1. The molecule has 180 valence electrons. The molecule has 0 radical (unpaired) electrons. The summed E-state index contributed by atoms with van der Waals surface area (Å²) in [5.74, 6) is 0.805. The van der Waals surface area contributed by atoms with Gasteiger partial charge in [0.15, 0.2) is 5.96 Å². The topological polar surface area (TPSA) is 72.4 Å². The van der Waals surface area contributed by atoms with Crippen molar-refractivity contribution in [2.45, 2.75) is 52.4 Å². The number of piperazine rings is 1. The van der Waals surface area contributed by atoms with Crippen LogP contribution in [0.1, 0.15) is 38.8 Å². The molecule has 1 aliphatic rings. The van der Waals surface area contributed by atoms with Crippen LogP contribution in [0.25, 0.3) is 0 Å². The summed E-state index contributed by atoms with van der Waals surface area (Å²) < 4.78 is 5.41. The van der Waals surface area contributed by atoms with E-state index in [-0.39, 0.29) is 6.09 Å². The number of nitrogens with zero attached hydrogens (tertiary/aromatic N) is 4. The Morgan fingerprint density at radius 2 is 1.72 bits per heavy atom. The molecule has 0 bridgehead atoms. The van der Waals surface area contributed by atoms with E-state index < -0.39 is 5.60 Å². The maximum Gasteiger partial charge on any atom is 0.410 e. The highest BCUT2D eigenvalue weighted by atomic mass is 16.6. The van der Waals surface area contributed by atoms with E-state index in [9.17, 15) is 4.79 Å². The number of benzene rings is 1. The maximum atomic E-state index is 12.1. The zero-order valence-corrected chi connectivity index (χ0v) is 20.9. The van der Waals surface area contributed by atoms with Crippen molar-refractivity contribution in [1.29, 1.82) is 0 Å². The Bertz CT molecular complexity index is 736. The lowest BCUT2D eigenvalue weighted by Crippen LogP contribution is -2.52. The zero-order chi connectivity index (χ0) is 23.7. The Kier molecular flexibility index (Phi) is 9.78. The van der Waals surface area contributed by atoms with Crippen molar-refractivity contribution in [2.24, 2.45) is 4.99 Å². The summed E-state index contributed by atoms with van der Waals surface area (Å²) in [6.07, 6.45) is -0.316. The highest BCUT2D eigenvalue weighted by Crippen LogP contribution is 2.12. The lowest BCUT2D eigenvalue weighted by molar-refractivity contribution is 0.0285. The van der Waals surface area contributed by atoms with E-state index in [1.54, 1.807) is 19.0 Å². The summed E-state index contributed by atoms with van der Waals surface area (Å²) in [6, 6.07) is 8.70. The maximum absolute atomic E-state index is 12.1. The van der Waals surface area contributed by atoms with Gasteiger partial charge in [0.1, 0.15) is 5.60 Å². The van der Waals surface area contributed by atoms with Gasteiger partial charge in [-0.05, 0) is 45.9 Å². The highest BCUT2D eigenvalue weighted by Gasteiger charge is 2.20.